The van der Waals surface area contributed by atoms with Crippen molar-refractivity contribution in [2.75, 3.05) is 6.61 Å². The van der Waals surface area contributed by atoms with Gasteiger partial charge < -0.3 is 9.15 Å². The van der Waals surface area contributed by atoms with Crippen molar-refractivity contribution in [3.05, 3.63) is 35.0 Å². The van der Waals surface area contributed by atoms with Gasteiger partial charge in [0.25, 0.3) is 0 Å². The first-order valence-electron chi connectivity index (χ1n) is 7.47. The lowest BCUT2D eigenvalue weighted by Crippen LogP contribution is -2.36. The van der Waals surface area contributed by atoms with Crippen LogP contribution in [0.15, 0.2) is 28.7 Å². The number of rotatable bonds is 6. The van der Waals surface area contributed by atoms with E-state index in [-0.39, 0.29) is 6.04 Å². The van der Waals surface area contributed by atoms with Crippen molar-refractivity contribution in [3.8, 4) is 0 Å². The second-order valence-electron chi connectivity index (χ2n) is 5.68. The molecule has 0 radical (unpaired) electrons. The fourth-order valence-electron chi connectivity index (χ4n) is 3.06. The number of hydrogen-bond donors (Lipinski definition) is 2. The molecule has 1 heterocycles. The average Bonchev–Trinajstić information content (AvgIpc) is 2.86. The van der Waals surface area contributed by atoms with Gasteiger partial charge >= 0.3 is 0 Å². The summed E-state index contributed by atoms with van der Waals surface area (Å²) in [4.78, 5) is 0. The van der Waals surface area contributed by atoms with E-state index < -0.39 is 0 Å². The summed E-state index contributed by atoms with van der Waals surface area (Å²) in [6, 6.07) is 7.79. The summed E-state index contributed by atoms with van der Waals surface area (Å²) in [7, 11) is 0. The van der Waals surface area contributed by atoms with E-state index in [1.165, 1.54) is 0 Å². The summed E-state index contributed by atoms with van der Waals surface area (Å²) < 4.78 is 11.5. The molecule has 1 saturated carbocycles. The van der Waals surface area contributed by atoms with Crippen LogP contribution in [-0.4, -0.2) is 12.7 Å². The number of para-hydroxylation sites is 1. The van der Waals surface area contributed by atoms with Gasteiger partial charge in [0.15, 0.2) is 5.58 Å². The molecule has 114 valence electrons. The second kappa shape index (κ2) is 6.36. The highest BCUT2D eigenvalue weighted by Gasteiger charge is 2.32. The van der Waals surface area contributed by atoms with Gasteiger partial charge in [-0.05, 0) is 44.2 Å². The topological polar surface area (TPSA) is 60.4 Å². The molecular formula is C16H21ClN2O2. The molecule has 1 aromatic carbocycles. The smallest absolute Gasteiger partial charge is 0.152 e. The number of furan rings is 1. The number of hydrazine groups is 1. The first-order chi connectivity index (χ1) is 10.2. The third-order valence-corrected chi connectivity index (χ3v) is 4.52. The predicted molar refractivity (Wildman–Crippen MR) is 84.0 cm³/mol. The lowest BCUT2D eigenvalue weighted by atomic mass is 9.78. The molecule has 1 aromatic heterocycles. The fourth-order valence-corrected chi connectivity index (χ4v) is 3.28. The van der Waals surface area contributed by atoms with Gasteiger partial charge in [0.2, 0.25) is 0 Å². The van der Waals surface area contributed by atoms with Crippen molar-refractivity contribution in [2.45, 2.75) is 38.3 Å². The highest BCUT2D eigenvalue weighted by molar-refractivity contribution is 6.34. The first kappa shape index (κ1) is 14.9. The molecule has 0 amide bonds. The minimum Gasteiger partial charge on any atom is -0.458 e. The van der Waals surface area contributed by atoms with Crippen LogP contribution >= 0.6 is 11.6 Å². The van der Waals surface area contributed by atoms with Crippen molar-refractivity contribution in [1.82, 2.24) is 5.43 Å². The zero-order chi connectivity index (χ0) is 14.8. The molecular weight excluding hydrogens is 288 g/mol. The Kier molecular flexibility index (Phi) is 4.50. The summed E-state index contributed by atoms with van der Waals surface area (Å²) in [5, 5.41) is 1.65. The Morgan fingerprint density at radius 2 is 2.29 bits per heavy atom. The monoisotopic (exact) mass is 308 g/mol. The summed E-state index contributed by atoms with van der Waals surface area (Å²) >= 11 is 6.15. The average molecular weight is 309 g/mol. The number of nitrogens with one attached hydrogen (secondary N) is 1. The highest BCUT2D eigenvalue weighted by atomic mass is 35.5. The SMILES string of the molecule is CCOC1CC(CC(NN)c2cc3cccc(Cl)c3o2)C1. The molecule has 3 rings (SSSR count). The van der Waals surface area contributed by atoms with Crippen LogP contribution in [-0.2, 0) is 4.74 Å². The minimum atomic E-state index is 0.0149. The molecule has 21 heavy (non-hydrogen) atoms. The van der Waals surface area contributed by atoms with Gasteiger partial charge in [-0.15, -0.1) is 0 Å². The molecule has 0 aliphatic heterocycles. The molecule has 0 saturated heterocycles. The fraction of sp³-hybridized carbons (Fsp3) is 0.500. The Morgan fingerprint density at radius 3 is 2.95 bits per heavy atom. The van der Waals surface area contributed by atoms with E-state index in [1.54, 1.807) is 0 Å². The van der Waals surface area contributed by atoms with Crippen molar-refractivity contribution in [3.63, 3.8) is 0 Å². The molecule has 0 spiro atoms. The normalized spacial score (nSPS) is 23.2. The van der Waals surface area contributed by atoms with Crippen LogP contribution in [0.5, 0.6) is 0 Å². The van der Waals surface area contributed by atoms with Crippen LogP contribution in [0.1, 0.15) is 38.0 Å². The molecule has 4 nitrogen and oxygen atoms in total. The number of nitrogens with two attached hydrogens (primary N) is 1. The third-order valence-electron chi connectivity index (χ3n) is 4.22. The maximum absolute atomic E-state index is 6.15. The summed E-state index contributed by atoms with van der Waals surface area (Å²) in [6.07, 6.45) is 3.58. The Balaban J connectivity index is 1.69. The van der Waals surface area contributed by atoms with Gasteiger partial charge in [-0.2, -0.15) is 0 Å². The first-order valence-corrected chi connectivity index (χ1v) is 7.84. The number of ether oxygens (including phenoxy) is 1. The largest absolute Gasteiger partial charge is 0.458 e. The second-order valence-corrected chi connectivity index (χ2v) is 6.08. The zero-order valence-electron chi connectivity index (χ0n) is 12.1. The molecule has 1 aliphatic carbocycles. The van der Waals surface area contributed by atoms with Gasteiger partial charge in [-0.1, -0.05) is 23.7 Å². The Labute approximate surface area is 129 Å². The number of fused-ring (bicyclic) bond motifs is 1. The molecule has 2 aromatic rings. The molecule has 1 aliphatic rings. The van der Waals surface area contributed by atoms with Crippen LogP contribution in [0.2, 0.25) is 5.02 Å². The standard InChI is InChI=1S/C16H21ClN2O2/c1-2-20-12-6-10(7-12)8-14(19-18)15-9-11-4-3-5-13(17)16(11)21-15/h3-5,9-10,12,14,19H,2,6-8,18H2,1H3. The Hall–Kier alpha value is -1.07. The van der Waals surface area contributed by atoms with Crippen molar-refractivity contribution >= 4 is 22.6 Å². The predicted octanol–water partition coefficient (Wildman–Crippen LogP) is 3.80. The van der Waals surface area contributed by atoms with Crippen LogP contribution in [0.25, 0.3) is 11.0 Å². The Bertz CT molecular complexity index is 607. The summed E-state index contributed by atoms with van der Waals surface area (Å²) in [6.45, 7) is 2.83. The lowest BCUT2D eigenvalue weighted by Gasteiger charge is -2.36. The van der Waals surface area contributed by atoms with Crippen LogP contribution in [0.4, 0.5) is 0 Å². The molecule has 1 atom stereocenters. The highest BCUT2D eigenvalue weighted by Crippen LogP contribution is 2.38. The van der Waals surface area contributed by atoms with E-state index in [0.29, 0.717) is 17.0 Å². The molecule has 5 heteroatoms. The van der Waals surface area contributed by atoms with E-state index in [2.05, 4.69) is 5.43 Å². The number of hydrogen-bond acceptors (Lipinski definition) is 4. The van der Waals surface area contributed by atoms with E-state index in [4.69, 9.17) is 26.6 Å². The minimum absolute atomic E-state index is 0.0149. The Morgan fingerprint density at radius 1 is 1.48 bits per heavy atom. The van der Waals surface area contributed by atoms with Gasteiger partial charge in [0.05, 0.1) is 17.2 Å². The summed E-state index contributed by atoms with van der Waals surface area (Å²) in [5.74, 6) is 7.19. The molecule has 3 N–H and O–H groups in total. The summed E-state index contributed by atoms with van der Waals surface area (Å²) in [5.41, 5.74) is 3.60. The van der Waals surface area contributed by atoms with Crippen LogP contribution < -0.4 is 11.3 Å². The van der Waals surface area contributed by atoms with E-state index in [1.807, 2.05) is 31.2 Å². The van der Waals surface area contributed by atoms with E-state index >= 15 is 0 Å². The third kappa shape index (κ3) is 3.09. The lowest BCUT2D eigenvalue weighted by molar-refractivity contribution is -0.0296. The quantitative estimate of drug-likeness (QED) is 0.629. The molecule has 1 unspecified atom stereocenters. The van der Waals surface area contributed by atoms with Gasteiger partial charge in [-0.25, -0.2) is 5.43 Å². The van der Waals surface area contributed by atoms with Crippen LogP contribution in [0, 0.1) is 5.92 Å². The van der Waals surface area contributed by atoms with Crippen molar-refractivity contribution < 1.29 is 9.15 Å². The maximum Gasteiger partial charge on any atom is 0.152 e. The van der Waals surface area contributed by atoms with Crippen LogP contribution in [0.3, 0.4) is 0 Å². The number of benzene rings is 1. The van der Waals surface area contributed by atoms with E-state index in [9.17, 15) is 0 Å². The van der Waals surface area contributed by atoms with Crippen molar-refractivity contribution in [2.24, 2.45) is 11.8 Å². The molecule has 0 bridgehead atoms. The van der Waals surface area contributed by atoms with E-state index in [0.717, 1.165) is 42.6 Å². The maximum atomic E-state index is 6.15. The zero-order valence-corrected chi connectivity index (χ0v) is 12.9. The van der Waals surface area contributed by atoms with Gasteiger partial charge in [0, 0.05) is 12.0 Å². The van der Waals surface area contributed by atoms with Crippen molar-refractivity contribution in [1.29, 1.82) is 0 Å². The number of halogens is 1. The molecule has 1 fully saturated rings. The van der Waals surface area contributed by atoms with Gasteiger partial charge in [0.1, 0.15) is 5.76 Å². The van der Waals surface area contributed by atoms with Gasteiger partial charge in [-0.3, -0.25) is 5.84 Å².